The van der Waals surface area contributed by atoms with Crippen LogP contribution >= 0.6 is 0 Å². The van der Waals surface area contributed by atoms with Gasteiger partial charge in [0.15, 0.2) is 0 Å². The number of fused-ring (bicyclic) bond motifs is 2. The van der Waals surface area contributed by atoms with Gasteiger partial charge in [-0.1, -0.05) is 12.8 Å². The SMILES string of the molecule is O=C(N1CCCCCC1)C12CCC(CO1)C2. The molecule has 3 aliphatic rings. The molecule has 1 amide bonds. The van der Waals surface area contributed by atoms with Crippen LogP contribution in [-0.2, 0) is 9.53 Å². The molecule has 2 aliphatic heterocycles. The fourth-order valence-electron chi connectivity index (χ4n) is 3.48. The van der Waals surface area contributed by atoms with Crippen LogP contribution in [0.3, 0.4) is 0 Å². The van der Waals surface area contributed by atoms with Gasteiger partial charge in [-0.15, -0.1) is 0 Å². The van der Waals surface area contributed by atoms with Crippen molar-refractivity contribution in [2.24, 2.45) is 5.92 Å². The quantitative estimate of drug-likeness (QED) is 0.680. The van der Waals surface area contributed by atoms with Gasteiger partial charge in [0.05, 0.1) is 6.61 Å². The number of ether oxygens (including phenoxy) is 1. The molecule has 0 N–H and O–H groups in total. The summed E-state index contributed by atoms with van der Waals surface area (Å²) in [4.78, 5) is 14.6. The lowest BCUT2D eigenvalue weighted by Gasteiger charge is -2.32. The van der Waals surface area contributed by atoms with E-state index in [4.69, 9.17) is 4.74 Å². The third-order valence-corrected chi connectivity index (χ3v) is 4.45. The van der Waals surface area contributed by atoms with E-state index in [0.29, 0.717) is 11.8 Å². The second-order valence-electron chi connectivity index (χ2n) is 5.62. The lowest BCUT2D eigenvalue weighted by Crippen LogP contribution is -2.48. The van der Waals surface area contributed by atoms with Crippen LogP contribution in [0.5, 0.6) is 0 Å². The Morgan fingerprint density at radius 1 is 1.19 bits per heavy atom. The molecule has 16 heavy (non-hydrogen) atoms. The van der Waals surface area contributed by atoms with E-state index in [1.807, 2.05) is 0 Å². The fraction of sp³-hybridized carbons (Fsp3) is 0.923. The Balaban J connectivity index is 1.71. The van der Waals surface area contributed by atoms with Crippen molar-refractivity contribution in [2.45, 2.75) is 50.5 Å². The van der Waals surface area contributed by atoms with Crippen LogP contribution < -0.4 is 0 Å². The second-order valence-corrected chi connectivity index (χ2v) is 5.62. The highest BCUT2D eigenvalue weighted by molar-refractivity contribution is 5.86. The van der Waals surface area contributed by atoms with Crippen LogP contribution in [0.15, 0.2) is 0 Å². The normalized spacial score (nSPS) is 38.8. The zero-order chi connectivity index (χ0) is 11.0. The van der Waals surface area contributed by atoms with Crippen LogP contribution in [0.2, 0.25) is 0 Å². The summed E-state index contributed by atoms with van der Waals surface area (Å²) in [6, 6.07) is 0. The summed E-state index contributed by atoms with van der Waals surface area (Å²) in [6.45, 7) is 2.72. The fourth-order valence-corrected chi connectivity index (χ4v) is 3.48. The summed E-state index contributed by atoms with van der Waals surface area (Å²) in [5, 5.41) is 0. The first kappa shape index (κ1) is 10.6. The number of hydrogen-bond acceptors (Lipinski definition) is 2. The number of hydrogen-bond donors (Lipinski definition) is 0. The first-order chi connectivity index (χ1) is 7.80. The van der Waals surface area contributed by atoms with Gasteiger partial charge in [0.25, 0.3) is 5.91 Å². The molecule has 3 nitrogen and oxygen atoms in total. The first-order valence-corrected chi connectivity index (χ1v) is 6.73. The molecule has 1 saturated carbocycles. The maximum absolute atomic E-state index is 12.5. The maximum atomic E-state index is 12.5. The second kappa shape index (κ2) is 4.02. The van der Waals surface area contributed by atoms with Crippen molar-refractivity contribution >= 4 is 5.91 Å². The number of amides is 1. The molecule has 0 aromatic rings. The van der Waals surface area contributed by atoms with Gasteiger partial charge in [-0.2, -0.15) is 0 Å². The number of rotatable bonds is 1. The molecule has 0 aromatic carbocycles. The molecule has 0 radical (unpaired) electrons. The van der Waals surface area contributed by atoms with Crippen LogP contribution in [0.4, 0.5) is 0 Å². The summed E-state index contributed by atoms with van der Waals surface area (Å²) < 4.78 is 5.80. The predicted molar refractivity (Wildman–Crippen MR) is 61.1 cm³/mol. The Morgan fingerprint density at radius 3 is 2.44 bits per heavy atom. The minimum Gasteiger partial charge on any atom is -0.365 e. The molecular weight excluding hydrogens is 202 g/mol. The minimum absolute atomic E-state index is 0.300. The molecule has 2 heterocycles. The highest BCUT2D eigenvalue weighted by Crippen LogP contribution is 2.45. The molecule has 1 aliphatic carbocycles. The Kier molecular flexibility index (Phi) is 2.66. The van der Waals surface area contributed by atoms with E-state index in [-0.39, 0.29) is 0 Å². The van der Waals surface area contributed by atoms with Gasteiger partial charge < -0.3 is 9.64 Å². The zero-order valence-electron chi connectivity index (χ0n) is 9.91. The Bertz CT molecular complexity index is 274. The number of nitrogens with zero attached hydrogens (tertiary/aromatic N) is 1. The van der Waals surface area contributed by atoms with Crippen molar-refractivity contribution < 1.29 is 9.53 Å². The summed E-state index contributed by atoms with van der Waals surface area (Å²) >= 11 is 0. The molecule has 3 heteroatoms. The molecule has 0 aromatic heterocycles. The maximum Gasteiger partial charge on any atom is 0.254 e. The van der Waals surface area contributed by atoms with Gasteiger partial charge in [-0.3, -0.25) is 4.79 Å². The van der Waals surface area contributed by atoms with Gasteiger partial charge in [-0.05, 0) is 38.0 Å². The highest BCUT2D eigenvalue weighted by atomic mass is 16.5. The van der Waals surface area contributed by atoms with E-state index in [0.717, 1.165) is 32.5 Å². The summed E-state index contributed by atoms with van der Waals surface area (Å²) in [5.74, 6) is 0.963. The van der Waals surface area contributed by atoms with Crippen LogP contribution in [-0.4, -0.2) is 36.1 Å². The monoisotopic (exact) mass is 223 g/mol. The third kappa shape index (κ3) is 1.65. The minimum atomic E-state index is -0.394. The molecular formula is C13H21NO2. The van der Waals surface area contributed by atoms with Crippen molar-refractivity contribution in [1.29, 1.82) is 0 Å². The average Bonchev–Trinajstić information content (AvgIpc) is 2.81. The lowest BCUT2D eigenvalue weighted by molar-refractivity contribution is -0.154. The van der Waals surface area contributed by atoms with Crippen molar-refractivity contribution in [3.05, 3.63) is 0 Å². The van der Waals surface area contributed by atoms with E-state index in [1.165, 1.54) is 32.1 Å². The van der Waals surface area contributed by atoms with Crippen LogP contribution in [0, 0.1) is 5.92 Å². The molecule has 2 unspecified atom stereocenters. The number of carbonyl (C=O) groups excluding carboxylic acids is 1. The average molecular weight is 223 g/mol. The van der Waals surface area contributed by atoms with Crippen molar-refractivity contribution in [2.75, 3.05) is 19.7 Å². The van der Waals surface area contributed by atoms with Gasteiger partial charge >= 0.3 is 0 Å². The molecule has 0 spiro atoms. The molecule has 2 saturated heterocycles. The van der Waals surface area contributed by atoms with Gasteiger partial charge in [-0.25, -0.2) is 0 Å². The van der Waals surface area contributed by atoms with E-state index in [1.54, 1.807) is 0 Å². The smallest absolute Gasteiger partial charge is 0.254 e. The van der Waals surface area contributed by atoms with Crippen molar-refractivity contribution in [1.82, 2.24) is 4.90 Å². The molecule has 3 rings (SSSR count). The number of likely N-dealkylation sites (tertiary alicyclic amines) is 1. The van der Waals surface area contributed by atoms with Gasteiger partial charge in [0, 0.05) is 13.1 Å². The topological polar surface area (TPSA) is 29.5 Å². The van der Waals surface area contributed by atoms with E-state index >= 15 is 0 Å². The van der Waals surface area contributed by atoms with E-state index in [9.17, 15) is 4.79 Å². The van der Waals surface area contributed by atoms with E-state index < -0.39 is 5.60 Å². The summed E-state index contributed by atoms with van der Waals surface area (Å²) in [6.07, 6.45) is 8.05. The predicted octanol–water partition coefficient (Wildman–Crippen LogP) is 1.96. The van der Waals surface area contributed by atoms with Crippen molar-refractivity contribution in [3.8, 4) is 0 Å². The lowest BCUT2D eigenvalue weighted by atomic mass is 10.0. The molecule has 2 atom stereocenters. The molecule has 2 bridgehead atoms. The molecule has 90 valence electrons. The summed E-state index contributed by atoms with van der Waals surface area (Å²) in [7, 11) is 0. The highest BCUT2D eigenvalue weighted by Gasteiger charge is 2.53. The van der Waals surface area contributed by atoms with Gasteiger partial charge in [0.2, 0.25) is 0 Å². The third-order valence-electron chi connectivity index (χ3n) is 4.45. The zero-order valence-corrected chi connectivity index (χ0v) is 9.91. The van der Waals surface area contributed by atoms with Gasteiger partial charge in [0.1, 0.15) is 5.60 Å². The van der Waals surface area contributed by atoms with Crippen LogP contribution in [0.25, 0.3) is 0 Å². The largest absolute Gasteiger partial charge is 0.365 e. The summed E-state index contributed by atoms with van der Waals surface area (Å²) in [5.41, 5.74) is -0.394. The Morgan fingerprint density at radius 2 is 1.94 bits per heavy atom. The molecule has 3 fully saturated rings. The van der Waals surface area contributed by atoms with E-state index in [2.05, 4.69) is 4.90 Å². The Labute approximate surface area is 97.1 Å². The first-order valence-electron chi connectivity index (χ1n) is 6.73. The Hall–Kier alpha value is -0.570. The van der Waals surface area contributed by atoms with Crippen molar-refractivity contribution in [3.63, 3.8) is 0 Å². The standard InChI is InChI=1S/C13H21NO2/c15-12(14-7-3-1-2-4-8-14)13-6-5-11(9-13)10-16-13/h11H,1-10H2. The number of carbonyl (C=O) groups is 1. The van der Waals surface area contributed by atoms with Crippen LogP contribution in [0.1, 0.15) is 44.9 Å².